The summed E-state index contributed by atoms with van der Waals surface area (Å²) in [6.07, 6.45) is 0.963. The molecule has 3 N–H and O–H groups in total. The van der Waals surface area contributed by atoms with E-state index in [-0.39, 0.29) is 30.2 Å². The number of amides is 3. The van der Waals surface area contributed by atoms with Crippen molar-refractivity contribution in [1.82, 2.24) is 19.8 Å². The number of hydrogen-bond acceptors (Lipinski definition) is 7. The first-order chi connectivity index (χ1) is 17.7. The molecule has 2 aromatic carbocycles. The van der Waals surface area contributed by atoms with Gasteiger partial charge in [-0.05, 0) is 55.2 Å². The van der Waals surface area contributed by atoms with E-state index in [1.54, 1.807) is 42.5 Å². The van der Waals surface area contributed by atoms with Crippen molar-refractivity contribution < 1.29 is 34.1 Å². The summed E-state index contributed by atoms with van der Waals surface area (Å²) in [6.45, 7) is 0. The van der Waals surface area contributed by atoms with Crippen molar-refractivity contribution in [3.05, 3.63) is 59.4 Å². The van der Waals surface area contributed by atoms with E-state index in [2.05, 4.69) is 14.6 Å². The molecular formula is C26H28N4O7. The van der Waals surface area contributed by atoms with Gasteiger partial charge in [0, 0.05) is 25.1 Å². The van der Waals surface area contributed by atoms with Crippen molar-refractivity contribution in [2.45, 2.75) is 44.2 Å². The number of carboxylic acids is 1. The van der Waals surface area contributed by atoms with Crippen LogP contribution < -0.4 is 5.32 Å². The molecule has 0 spiro atoms. The molecule has 1 heterocycles. The van der Waals surface area contributed by atoms with E-state index < -0.39 is 29.9 Å². The second-order valence-electron chi connectivity index (χ2n) is 8.99. The molecule has 0 aliphatic heterocycles. The first-order valence-electron chi connectivity index (χ1n) is 11.8. The Hall–Kier alpha value is -4.41. The maximum Gasteiger partial charge on any atom is 0.416 e. The number of carboxylic acid groups (broad SMARTS) is 1. The largest absolute Gasteiger partial charge is 0.508 e. The number of phenols is 1. The van der Waals surface area contributed by atoms with Gasteiger partial charge in [-0.3, -0.25) is 14.4 Å². The van der Waals surface area contributed by atoms with Crippen molar-refractivity contribution in [3.8, 4) is 5.75 Å². The summed E-state index contributed by atoms with van der Waals surface area (Å²) >= 11 is 0. The number of aromatic nitrogens is 2. The van der Waals surface area contributed by atoms with Crippen LogP contribution in [-0.4, -0.2) is 62.7 Å². The highest BCUT2D eigenvalue weighted by Crippen LogP contribution is 2.40. The zero-order valence-corrected chi connectivity index (χ0v) is 20.5. The molecule has 11 nitrogen and oxygen atoms in total. The molecule has 1 fully saturated rings. The zero-order chi connectivity index (χ0) is 26.7. The van der Waals surface area contributed by atoms with E-state index in [0.29, 0.717) is 17.8 Å². The Morgan fingerprint density at radius 2 is 1.84 bits per heavy atom. The molecule has 37 heavy (non-hydrogen) atoms. The van der Waals surface area contributed by atoms with Crippen LogP contribution in [0.4, 0.5) is 4.79 Å². The Morgan fingerprint density at radius 1 is 1.14 bits per heavy atom. The lowest BCUT2D eigenvalue weighted by Gasteiger charge is -2.20. The van der Waals surface area contributed by atoms with Crippen molar-refractivity contribution in [2.24, 2.45) is 0 Å². The molecule has 0 bridgehead atoms. The standard InChI is InChI=1S/C26H28N4O7/c1-29(26(36)37-2)25(35)16-5-10-21-19(14-16)28-24(30(21)17-6-7-17)20(27-22(32)11-12-23(33)34)13-15-3-8-18(31)9-4-15/h3-5,8-10,14,17,20,31H,6-7,11-13H2,1-2H3,(H,27,32)(H,33,34). The van der Waals surface area contributed by atoms with E-state index >= 15 is 0 Å². The van der Waals surface area contributed by atoms with E-state index in [4.69, 9.17) is 10.1 Å². The second-order valence-corrected chi connectivity index (χ2v) is 8.99. The van der Waals surface area contributed by atoms with Gasteiger partial charge in [-0.1, -0.05) is 12.1 Å². The first kappa shape index (κ1) is 25.7. The molecule has 3 amide bonds. The number of aromatic hydroxyl groups is 1. The number of carbonyl (C=O) groups excluding carboxylic acids is 3. The van der Waals surface area contributed by atoms with Gasteiger partial charge in [0.2, 0.25) is 5.91 Å². The van der Waals surface area contributed by atoms with E-state index in [9.17, 15) is 24.3 Å². The minimum atomic E-state index is -1.07. The van der Waals surface area contributed by atoms with Crippen LogP contribution in [0.2, 0.25) is 0 Å². The summed E-state index contributed by atoms with van der Waals surface area (Å²) in [4.78, 5) is 53.9. The van der Waals surface area contributed by atoms with E-state index in [1.165, 1.54) is 14.2 Å². The number of nitrogens with one attached hydrogen (secondary N) is 1. The number of fused-ring (bicyclic) bond motifs is 1. The van der Waals surface area contributed by atoms with Crippen LogP contribution in [0.3, 0.4) is 0 Å². The van der Waals surface area contributed by atoms with Gasteiger partial charge in [0.15, 0.2) is 0 Å². The summed E-state index contributed by atoms with van der Waals surface area (Å²) in [6, 6.07) is 11.2. The van der Waals surface area contributed by atoms with Crippen LogP contribution in [0.1, 0.15) is 59.5 Å². The molecule has 3 aromatic rings. The van der Waals surface area contributed by atoms with Crippen LogP contribution in [0.25, 0.3) is 11.0 Å². The number of carbonyl (C=O) groups is 4. The Morgan fingerprint density at radius 3 is 2.46 bits per heavy atom. The van der Waals surface area contributed by atoms with Crippen molar-refractivity contribution in [1.29, 1.82) is 0 Å². The third-order valence-electron chi connectivity index (χ3n) is 6.22. The Kier molecular flexibility index (Phi) is 7.42. The number of imide groups is 1. The fraction of sp³-hybridized carbons (Fsp3) is 0.346. The number of ether oxygens (including phenoxy) is 1. The van der Waals surface area contributed by atoms with Gasteiger partial charge in [0.05, 0.1) is 30.6 Å². The molecule has 11 heteroatoms. The van der Waals surface area contributed by atoms with Crippen LogP contribution in [-0.2, 0) is 20.7 Å². The molecule has 0 saturated heterocycles. The highest BCUT2D eigenvalue weighted by molar-refractivity contribution is 6.04. The lowest BCUT2D eigenvalue weighted by Crippen LogP contribution is -2.32. The molecule has 1 unspecified atom stereocenters. The Labute approximate surface area is 212 Å². The predicted molar refractivity (Wildman–Crippen MR) is 132 cm³/mol. The summed E-state index contributed by atoms with van der Waals surface area (Å²) in [7, 11) is 2.52. The number of phenolic OH excluding ortho intramolecular Hbond substituents is 1. The molecule has 1 atom stereocenters. The molecule has 0 radical (unpaired) electrons. The molecule has 4 rings (SSSR count). The van der Waals surface area contributed by atoms with E-state index in [1.807, 2.05) is 0 Å². The van der Waals surface area contributed by atoms with Crippen LogP contribution >= 0.6 is 0 Å². The molecule has 1 aliphatic carbocycles. The summed E-state index contributed by atoms with van der Waals surface area (Å²) in [5, 5.41) is 21.6. The quantitative estimate of drug-likeness (QED) is 0.399. The van der Waals surface area contributed by atoms with Crippen LogP contribution in [0, 0.1) is 0 Å². The number of imidazole rings is 1. The van der Waals surface area contributed by atoms with Crippen molar-refractivity contribution in [2.75, 3.05) is 14.2 Å². The van der Waals surface area contributed by atoms with Gasteiger partial charge < -0.3 is 24.8 Å². The third-order valence-corrected chi connectivity index (χ3v) is 6.22. The van der Waals surface area contributed by atoms with Gasteiger partial charge in [-0.25, -0.2) is 14.7 Å². The first-order valence-corrected chi connectivity index (χ1v) is 11.8. The summed E-state index contributed by atoms with van der Waals surface area (Å²) in [5.41, 5.74) is 2.41. The number of nitrogens with zero attached hydrogens (tertiary/aromatic N) is 3. The second kappa shape index (κ2) is 10.7. The minimum absolute atomic E-state index is 0.116. The monoisotopic (exact) mass is 508 g/mol. The molecule has 194 valence electrons. The van der Waals surface area contributed by atoms with Crippen molar-refractivity contribution >= 4 is 34.9 Å². The lowest BCUT2D eigenvalue weighted by atomic mass is 10.0. The normalized spacial score (nSPS) is 13.7. The molecule has 1 aromatic heterocycles. The maximum atomic E-state index is 12.8. The fourth-order valence-electron chi connectivity index (χ4n) is 4.19. The number of hydrogen-bond donors (Lipinski definition) is 3. The molecular weight excluding hydrogens is 480 g/mol. The zero-order valence-electron chi connectivity index (χ0n) is 20.5. The van der Waals surface area contributed by atoms with E-state index in [0.717, 1.165) is 28.8 Å². The van der Waals surface area contributed by atoms with Gasteiger partial charge >= 0.3 is 12.1 Å². The number of methoxy groups -OCH3 is 1. The smallest absolute Gasteiger partial charge is 0.416 e. The molecule has 1 saturated carbocycles. The average Bonchev–Trinajstić information content (AvgIpc) is 3.66. The number of rotatable bonds is 9. The van der Waals surface area contributed by atoms with Gasteiger partial charge in [-0.2, -0.15) is 0 Å². The van der Waals surface area contributed by atoms with Crippen LogP contribution in [0.15, 0.2) is 42.5 Å². The lowest BCUT2D eigenvalue weighted by molar-refractivity contribution is -0.138. The minimum Gasteiger partial charge on any atom is -0.508 e. The Bertz CT molecular complexity index is 1340. The summed E-state index contributed by atoms with van der Waals surface area (Å²) < 4.78 is 6.68. The highest BCUT2D eigenvalue weighted by atomic mass is 16.5. The maximum absolute atomic E-state index is 12.8. The fourth-order valence-corrected chi connectivity index (χ4v) is 4.19. The Balaban J connectivity index is 1.73. The van der Waals surface area contributed by atoms with Gasteiger partial charge in [0.1, 0.15) is 11.6 Å². The predicted octanol–water partition coefficient (Wildman–Crippen LogP) is 3.18. The summed E-state index contributed by atoms with van der Waals surface area (Å²) in [5.74, 6) is -1.33. The topological polar surface area (TPSA) is 151 Å². The van der Waals surface area contributed by atoms with Crippen molar-refractivity contribution in [3.63, 3.8) is 0 Å². The molecule has 1 aliphatic rings. The van der Waals surface area contributed by atoms with Gasteiger partial charge in [0.25, 0.3) is 5.91 Å². The highest BCUT2D eigenvalue weighted by Gasteiger charge is 2.32. The average molecular weight is 509 g/mol. The SMILES string of the molecule is COC(=O)N(C)C(=O)c1ccc2c(c1)nc(C(Cc1ccc(O)cc1)NC(=O)CCC(=O)O)n2C1CC1. The van der Waals surface area contributed by atoms with Gasteiger partial charge in [-0.15, -0.1) is 0 Å². The number of benzene rings is 2. The number of aliphatic carboxylic acids is 1. The van der Waals surface area contributed by atoms with Crippen LogP contribution in [0.5, 0.6) is 5.75 Å². The third kappa shape index (κ3) is 5.88.